The molecule has 0 amide bonds. The molecule has 0 bridgehead atoms. The second-order valence-corrected chi connectivity index (χ2v) is 2.18. The van der Waals surface area contributed by atoms with E-state index in [4.69, 9.17) is 39.1 Å². The standard InChI is InChI=1S/C3H4O3.2C2H4O2.C2H6O.2CH2O2.CO.6CH4.3H2O/c1-3(5)6-2-4;1-4-2-3;1-2(3)4;1-3-2;2*2-1-3;1-2;;;;;;;;;/h2H,1H3;2H,1H3;1H3,(H,3,4);1-2H3;2*1H,(H,2,3);;6*1H4;3*1H2. The van der Waals surface area contributed by atoms with Gasteiger partial charge in [-0.05, 0) is 0 Å². The van der Waals surface area contributed by atoms with Crippen molar-refractivity contribution in [1.82, 2.24) is 0 Å². The van der Waals surface area contributed by atoms with E-state index < -0.39 is 11.9 Å². The van der Waals surface area contributed by atoms with Crippen LogP contribution in [-0.2, 0) is 47.6 Å². The Labute approximate surface area is 204 Å². The van der Waals surface area contributed by atoms with E-state index in [-0.39, 0.29) is 80.4 Å². The number of methoxy groups -OCH3 is 2. The Morgan fingerprint density at radius 2 is 0.824 bits per heavy atom. The van der Waals surface area contributed by atoms with Crippen LogP contribution in [0, 0.1) is 6.65 Å². The molecule has 0 saturated heterocycles. The Morgan fingerprint density at radius 1 is 0.706 bits per heavy atom. The SMILES string of the molecule is C.C.C.C.C.C.CC(=O)O.CC(=O)OC=O.COC.COC=O.O.O.O.O=CO.O=CO.[C-]#[O+]. The number of aliphatic carboxylic acids is 1. The van der Waals surface area contributed by atoms with Gasteiger partial charge in [-0.1, -0.05) is 44.6 Å². The van der Waals surface area contributed by atoms with Crippen LogP contribution in [0.2, 0.25) is 0 Å². The molecule has 0 atom stereocenters. The molecule has 9 N–H and O–H groups in total. The molecule has 0 aliphatic rings. The number of ether oxygens (including phenoxy) is 3. The predicted molar refractivity (Wildman–Crippen MR) is 130 cm³/mol. The van der Waals surface area contributed by atoms with E-state index >= 15 is 0 Å². The summed E-state index contributed by atoms with van der Waals surface area (Å²) in [5, 5.41) is 21.2. The summed E-state index contributed by atoms with van der Waals surface area (Å²) in [6.07, 6.45) is 0. The summed E-state index contributed by atoms with van der Waals surface area (Å²) in [6, 6.07) is 0. The van der Waals surface area contributed by atoms with Crippen LogP contribution in [0.1, 0.15) is 58.4 Å². The number of hydrogen-bond donors (Lipinski definition) is 3. The summed E-state index contributed by atoms with van der Waals surface area (Å²) in [6.45, 7) is 6.72. The normalized spacial score (nSPS) is 3.85. The van der Waals surface area contributed by atoms with Gasteiger partial charge in [0.15, 0.2) is 0 Å². The average molecular weight is 525 g/mol. The van der Waals surface area contributed by atoms with Crippen LogP contribution in [0.4, 0.5) is 0 Å². The molecule has 0 aromatic heterocycles. The van der Waals surface area contributed by atoms with Crippen LogP contribution >= 0.6 is 0 Å². The summed E-state index contributed by atoms with van der Waals surface area (Å²) in [5.41, 5.74) is 0. The summed E-state index contributed by atoms with van der Waals surface area (Å²) >= 11 is 0. The Hall–Kier alpha value is -3.40. The average Bonchev–Trinajstić information content (AvgIpc) is 2.51. The predicted octanol–water partition coefficient (Wildman–Crippen LogP) is 0.555. The van der Waals surface area contributed by atoms with Gasteiger partial charge in [0.1, 0.15) is 0 Å². The summed E-state index contributed by atoms with van der Waals surface area (Å²) in [7, 11) is 4.56. The van der Waals surface area contributed by atoms with Crippen molar-refractivity contribution in [1.29, 1.82) is 0 Å². The Kier molecular flexibility index (Phi) is 972. The minimum atomic E-state index is -0.833. The fourth-order valence-electron chi connectivity index (χ4n) is 0.0678. The van der Waals surface area contributed by atoms with Gasteiger partial charge in [0.2, 0.25) is 0 Å². The van der Waals surface area contributed by atoms with Crippen molar-refractivity contribution in [2.75, 3.05) is 21.3 Å². The van der Waals surface area contributed by atoms with Crippen LogP contribution in [0.15, 0.2) is 0 Å². The Morgan fingerprint density at radius 3 is 0.824 bits per heavy atom. The molecule has 16 nitrogen and oxygen atoms in total. The van der Waals surface area contributed by atoms with Gasteiger partial charge in [-0.2, -0.15) is 0 Å². The summed E-state index contributed by atoms with van der Waals surface area (Å²) in [5.74, 6) is -1.41. The molecule has 0 aromatic rings. The first-order chi connectivity index (χ1) is 11.7. The van der Waals surface area contributed by atoms with E-state index in [0.717, 1.165) is 13.8 Å². The molecule has 0 radical (unpaired) electrons. The second-order valence-electron chi connectivity index (χ2n) is 2.18. The molecule has 0 saturated carbocycles. The van der Waals surface area contributed by atoms with Crippen molar-refractivity contribution in [3.8, 4) is 0 Å². The van der Waals surface area contributed by atoms with Crippen molar-refractivity contribution in [2.24, 2.45) is 0 Å². The van der Waals surface area contributed by atoms with Crippen molar-refractivity contribution in [3.05, 3.63) is 6.65 Å². The molecule has 220 valence electrons. The molecule has 0 rings (SSSR count). The topological polar surface area (TPSA) is 305 Å². The van der Waals surface area contributed by atoms with Crippen molar-refractivity contribution in [2.45, 2.75) is 58.4 Å². The zero-order valence-electron chi connectivity index (χ0n) is 15.7. The van der Waals surface area contributed by atoms with Gasteiger partial charge >= 0.3 is 23.7 Å². The Bertz CT molecular complexity index is 298. The molecule has 16 heteroatoms. The van der Waals surface area contributed by atoms with Crippen molar-refractivity contribution in [3.63, 3.8) is 0 Å². The zero-order chi connectivity index (χ0) is 22.1. The Balaban J connectivity index is -0.00000000776. The van der Waals surface area contributed by atoms with Crippen LogP contribution in [0.5, 0.6) is 0 Å². The molecule has 0 fully saturated rings. The third kappa shape index (κ3) is 60500. The monoisotopic (exact) mass is 524 g/mol. The van der Waals surface area contributed by atoms with E-state index in [1.807, 2.05) is 0 Å². The number of carbonyl (C=O) groups excluding carboxylic acids is 3. The molecule has 0 aliphatic heterocycles. The van der Waals surface area contributed by atoms with Gasteiger partial charge < -0.3 is 46.0 Å². The van der Waals surface area contributed by atoms with Crippen molar-refractivity contribution >= 4 is 37.8 Å². The van der Waals surface area contributed by atoms with Crippen molar-refractivity contribution < 1.29 is 79.4 Å². The van der Waals surface area contributed by atoms with Gasteiger partial charge in [-0.3, -0.25) is 28.8 Å². The number of hydrogen-bond acceptors (Lipinski definition) is 9. The van der Waals surface area contributed by atoms with Gasteiger partial charge in [0, 0.05) is 28.1 Å². The van der Waals surface area contributed by atoms with Crippen LogP contribution < -0.4 is 0 Å². The number of carboxylic acids is 1. The minimum absolute atomic E-state index is 0. The van der Waals surface area contributed by atoms with E-state index in [1.54, 1.807) is 14.2 Å². The van der Waals surface area contributed by atoms with Gasteiger partial charge in [0.25, 0.3) is 25.4 Å². The quantitative estimate of drug-likeness (QED) is 0.146. The third-order valence-electron chi connectivity index (χ3n) is 0.310. The van der Waals surface area contributed by atoms with Gasteiger partial charge in [-0.25, -0.2) is 0 Å². The molecule has 0 aliphatic carbocycles. The first-order valence-electron chi connectivity index (χ1n) is 5.20. The van der Waals surface area contributed by atoms with E-state index in [0.29, 0.717) is 6.47 Å². The van der Waals surface area contributed by atoms with Crippen LogP contribution in [0.3, 0.4) is 0 Å². The van der Waals surface area contributed by atoms with Crippen LogP contribution in [-0.4, -0.2) is 90.9 Å². The molecular weight excluding hydrogens is 472 g/mol. The molecular formula is C18H52O16. The molecule has 0 unspecified atom stereocenters. The molecule has 0 aromatic carbocycles. The van der Waals surface area contributed by atoms with E-state index in [2.05, 4.69) is 20.9 Å². The third-order valence-corrected chi connectivity index (χ3v) is 0.310. The number of carbonyl (C=O) groups is 6. The number of esters is 1. The van der Waals surface area contributed by atoms with Gasteiger partial charge in [0.05, 0.1) is 7.11 Å². The fraction of sp³-hybridized carbons (Fsp3) is 0.611. The van der Waals surface area contributed by atoms with E-state index in [1.165, 1.54) is 7.11 Å². The maximum absolute atomic E-state index is 9.59. The molecule has 34 heavy (non-hydrogen) atoms. The first kappa shape index (κ1) is 126. The van der Waals surface area contributed by atoms with E-state index in [9.17, 15) is 9.59 Å². The zero-order valence-corrected chi connectivity index (χ0v) is 15.7. The van der Waals surface area contributed by atoms with Gasteiger partial charge in [-0.15, -0.1) is 0 Å². The number of carboxylic acid groups (broad SMARTS) is 3. The second kappa shape index (κ2) is 263. The molecule has 0 spiro atoms. The summed E-state index contributed by atoms with van der Waals surface area (Å²) < 4.78 is 19.3. The maximum atomic E-state index is 9.59. The molecule has 0 heterocycles. The summed E-state index contributed by atoms with van der Waals surface area (Å²) in [4.78, 5) is 53.4. The van der Waals surface area contributed by atoms with Crippen LogP contribution in [0.25, 0.3) is 0 Å². The fourth-order valence-corrected chi connectivity index (χ4v) is 0.0678. The number of rotatable bonds is 2. The first-order valence-corrected chi connectivity index (χ1v) is 5.20.